The number of carbonyl (C=O) groups excluding carboxylic acids is 3. The van der Waals surface area contributed by atoms with Crippen molar-refractivity contribution < 1.29 is 29.4 Å². The molecule has 0 aliphatic carbocycles. The molecule has 3 amide bonds. The molecule has 0 aliphatic heterocycles. The van der Waals surface area contributed by atoms with Crippen molar-refractivity contribution in [2.45, 2.75) is 37.5 Å². The number of aliphatic carboxylic acids is 1. The van der Waals surface area contributed by atoms with E-state index < -0.39 is 54.5 Å². The summed E-state index contributed by atoms with van der Waals surface area (Å²) >= 11 is 3.86. The lowest BCUT2D eigenvalue weighted by atomic mass is 10.1. The number of aliphatic hydroxyl groups excluding tert-OH is 1. The van der Waals surface area contributed by atoms with Gasteiger partial charge in [0.2, 0.25) is 17.7 Å². The van der Waals surface area contributed by atoms with Crippen LogP contribution >= 0.6 is 12.6 Å². The van der Waals surface area contributed by atoms with Crippen molar-refractivity contribution in [2.24, 2.45) is 5.73 Å². The summed E-state index contributed by atoms with van der Waals surface area (Å²) in [6.07, 6.45) is 2.78. The summed E-state index contributed by atoms with van der Waals surface area (Å²) in [5.74, 6) is -3.49. The number of carboxylic acids is 1. The van der Waals surface area contributed by atoms with Gasteiger partial charge in [-0.25, -0.2) is 9.78 Å². The Morgan fingerprint density at radius 3 is 2.32 bits per heavy atom. The van der Waals surface area contributed by atoms with Crippen molar-refractivity contribution in [3.63, 3.8) is 0 Å². The first kappa shape index (κ1) is 23.4. The van der Waals surface area contributed by atoms with Gasteiger partial charge in [-0.1, -0.05) is 0 Å². The maximum Gasteiger partial charge on any atom is 0.326 e. The Morgan fingerprint density at radius 2 is 1.82 bits per heavy atom. The van der Waals surface area contributed by atoms with Crippen molar-refractivity contribution in [1.29, 1.82) is 0 Å². The second-order valence-electron chi connectivity index (χ2n) is 5.94. The van der Waals surface area contributed by atoms with E-state index in [-0.39, 0.29) is 12.2 Å². The van der Waals surface area contributed by atoms with Gasteiger partial charge in [-0.3, -0.25) is 14.4 Å². The SMILES string of the molecule is CC(NC(=O)C(CO)NC(=O)C(N)CS)C(=O)NC(Cc1cnc[nH]1)C(=O)O. The number of nitrogens with two attached hydrogens (primary N) is 1. The Kier molecular flexibility index (Phi) is 9.41. The van der Waals surface area contributed by atoms with Crippen LogP contribution in [0.15, 0.2) is 12.5 Å². The van der Waals surface area contributed by atoms with Gasteiger partial charge < -0.3 is 36.9 Å². The number of nitrogens with one attached hydrogen (secondary N) is 4. The number of aliphatic hydroxyl groups is 1. The monoisotopic (exact) mass is 416 g/mol. The first-order chi connectivity index (χ1) is 13.2. The number of H-pyrrole nitrogens is 1. The standard InChI is InChI=1S/C15H24N6O6S/c1-7(19-14(25)11(4-22)21-13(24)9(16)5-28)12(23)20-10(15(26)27)2-8-3-17-6-18-8/h3,6-7,9-11,22,28H,2,4-5,16H2,1H3,(H,17,18)(H,19,25)(H,20,23)(H,21,24)(H,26,27). The Labute approximate surface area is 166 Å². The van der Waals surface area contributed by atoms with Gasteiger partial charge in [0.15, 0.2) is 0 Å². The van der Waals surface area contributed by atoms with E-state index in [1.165, 1.54) is 19.4 Å². The highest BCUT2D eigenvalue weighted by atomic mass is 32.1. The van der Waals surface area contributed by atoms with Crippen LogP contribution in [0.3, 0.4) is 0 Å². The number of hydrogen-bond acceptors (Lipinski definition) is 8. The molecule has 0 aromatic carbocycles. The molecule has 156 valence electrons. The molecule has 4 atom stereocenters. The van der Waals surface area contributed by atoms with E-state index >= 15 is 0 Å². The summed E-state index contributed by atoms with van der Waals surface area (Å²) in [7, 11) is 0. The van der Waals surface area contributed by atoms with Crippen molar-refractivity contribution in [2.75, 3.05) is 12.4 Å². The topological polar surface area (TPSA) is 200 Å². The Morgan fingerprint density at radius 1 is 1.18 bits per heavy atom. The van der Waals surface area contributed by atoms with E-state index in [1.807, 2.05) is 0 Å². The van der Waals surface area contributed by atoms with E-state index in [2.05, 4.69) is 38.5 Å². The Bertz CT molecular complexity index is 685. The lowest BCUT2D eigenvalue weighted by Gasteiger charge is -2.22. The van der Waals surface area contributed by atoms with Crippen LogP contribution in [-0.2, 0) is 25.6 Å². The van der Waals surface area contributed by atoms with Crippen LogP contribution in [0.5, 0.6) is 0 Å². The molecule has 0 saturated heterocycles. The lowest BCUT2D eigenvalue weighted by Crippen LogP contribution is -2.57. The fourth-order valence-electron chi connectivity index (χ4n) is 2.05. The van der Waals surface area contributed by atoms with Crippen molar-refractivity contribution in [3.05, 3.63) is 18.2 Å². The molecule has 1 heterocycles. The molecule has 4 unspecified atom stereocenters. The third-order valence-electron chi connectivity index (χ3n) is 3.69. The minimum absolute atomic E-state index is 0.0291. The zero-order chi connectivity index (χ0) is 21.3. The van der Waals surface area contributed by atoms with E-state index in [0.717, 1.165) is 0 Å². The fraction of sp³-hybridized carbons (Fsp3) is 0.533. The molecule has 0 saturated carbocycles. The fourth-order valence-corrected chi connectivity index (χ4v) is 2.21. The zero-order valence-electron chi connectivity index (χ0n) is 15.1. The summed E-state index contributed by atoms with van der Waals surface area (Å²) in [4.78, 5) is 53.9. The van der Waals surface area contributed by atoms with Crippen molar-refractivity contribution in [3.8, 4) is 0 Å². The van der Waals surface area contributed by atoms with Gasteiger partial charge in [0.05, 0.1) is 19.0 Å². The zero-order valence-corrected chi connectivity index (χ0v) is 16.0. The van der Waals surface area contributed by atoms with E-state index in [1.54, 1.807) is 0 Å². The third kappa shape index (κ3) is 7.17. The highest BCUT2D eigenvalue weighted by Gasteiger charge is 2.28. The second kappa shape index (κ2) is 11.3. The van der Waals surface area contributed by atoms with Gasteiger partial charge in [0, 0.05) is 24.1 Å². The van der Waals surface area contributed by atoms with Crippen LogP contribution in [0, 0.1) is 0 Å². The molecule has 28 heavy (non-hydrogen) atoms. The highest BCUT2D eigenvalue weighted by Crippen LogP contribution is 2.00. The first-order valence-electron chi connectivity index (χ1n) is 8.28. The van der Waals surface area contributed by atoms with Gasteiger partial charge >= 0.3 is 5.97 Å². The smallest absolute Gasteiger partial charge is 0.326 e. The normalized spacial score (nSPS) is 15.0. The summed E-state index contributed by atoms with van der Waals surface area (Å²) in [5.41, 5.74) is 5.99. The van der Waals surface area contributed by atoms with E-state index in [9.17, 15) is 29.4 Å². The quantitative estimate of drug-likeness (QED) is 0.172. The molecule has 13 heteroatoms. The number of carbonyl (C=O) groups is 4. The molecule has 12 nitrogen and oxygen atoms in total. The third-order valence-corrected chi connectivity index (χ3v) is 4.09. The van der Waals surface area contributed by atoms with E-state index in [4.69, 9.17) is 5.73 Å². The summed E-state index contributed by atoms with van der Waals surface area (Å²) in [5, 5.41) is 25.4. The minimum Gasteiger partial charge on any atom is -0.480 e. The molecule has 0 bridgehead atoms. The summed E-state index contributed by atoms with van der Waals surface area (Å²) in [6.45, 7) is 0.612. The van der Waals surface area contributed by atoms with Crippen LogP contribution in [0.1, 0.15) is 12.6 Å². The van der Waals surface area contributed by atoms with Crippen molar-refractivity contribution >= 4 is 36.3 Å². The molecular weight excluding hydrogens is 392 g/mol. The number of thiol groups is 1. The molecular formula is C15H24N6O6S. The van der Waals surface area contributed by atoms with Gasteiger partial charge in [0.1, 0.15) is 18.1 Å². The summed E-state index contributed by atoms with van der Waals surface area (Å²) in [6, 6.07) is -4.66. The molecule has 1 rings (SSSR count). The number of aromatic nitrogens is 2. The molecule has 0 fully saturated rings. The number of amides is 3. The molecule has 1 aromatic heterocycles. The lowest BCUT2D eigenvalue weighted by molar-refractivity contribution is -0.142. The molecule has 0 spiro atoms. The Hall–Kier alpha value is -2.64. The van der Waals surface area contributed by atoms with Gasteiger partial charge in [-0.05, 0) is 6.92 Å². The average molecular weight is 416 g/mol. The minimum atomic E-state index is -1.33. The van der Waals surface area contributed by atoms with Gasteiger partial charge in [0.25, 0.3) is 0 Å². The predicted molar refractivity (Wildman–Crippen MR) is 100 cm³/mol. The highest BCUT2D eigenvalue weighted by molar-refractivity contribution is 7.80. The van der Waals surface area contributed by atoms with Crippen LogP contribution in [0.2, 0.25) is 0 Å². The first-order valence-corrected chi connectivity index (χ1v) is 8.91. The molecule has 0 radical (unpaired) electrons. The second-order valence-corrected chi connectivity index (χ2v) is 6.31. The van der Waals surface area contributed by atoms with Crippen molar-refractivity contribution in [1.82, 2.24) is 25.9 Å². The number of rotatable bonds is 11. The number of carboxylic acid groups (broad SMARTS) is 1. The van der Waals surface area contributed by atoms with Crippen LogP contribution in [-0.4, -0.2) is 80.4 Å². The maximum absolute atomic E-state index is 12.2. The number of aromatic amines is 1. The van der Waals surface area contributed by atoms with Gasteiger partial charge in [-0.15, -0.1) is 0 Å². The largest absolute Gasteiger partial charge is 0.480 e. The number of hydrogen-bond donors (Lipinski definition) is 8. The Balaban J connectivity index is 2.64. The van der Waals surface area contributed by atoms with Crippen LogP contribution in [0.25, 0.3) is 0 Å². The number of nitrogens with zero attached hydrogens (tertiary/aromatic N) is 1. The van der Waals surface area contributed by atoms with E-state index in [0.29, 0.717) is 5.69 Å². The number of imidazole rings is 1. The predicted octanol–water partition coefficient (Wildman–Crippen LogP) is -3.24. The molecule has 0 aliphatic rings. The van der Waals surface area contributed by atoms with Crippen LogP contribution in [0.4, 0.5) is 0 Å². The average Bonchev–Trinajstić information content (AvgIpc) is 3.17. The van der Waals surface area contributed by atoms with Gasteiger partial charge in [-0.2, -0.15) is 12.6 Å². The summed E-state index contributed by atoms with van der Waals surface area (Å²) < 4.78 is 0. The molecule has 1 aromatic rings. The molecule has 8 N–H and O–H groups in total. The van der Waals surface area contributed by atoms with Crippen LogP contribution < -0.4 is 21.7 Å². The maximum atomic E-state index is 12.2.